The fourth-order valence-corrected chi connectivity index (χ4v) is 5.49. The van der Waals surface area contributed by atoms with Crippen molar-refractivity contribution in [3.63, 3.8) is 0 Å². The van der Waals surface area contributed by atoms with Gasteiger partial charge in [0.25, 0.3) is 0 Å². The van der Waals surface area contributed by atoms with E-state index in [-0.39, 0.29) is 55.5 Å². The van der Waals surface area contributed by atoms with Gasteiger partial charge in [-0.05, 0) is 90.4 Å². The number of aliphatic carboxylic acids is 1. The molecule has 0 spiro atoms. The monoisotopic (exact) mass is 713 g/mol. The van der Waals surface area contributed by atoms with Crippen molar-refractivity contribution in [2.45, 2.75) is 72.4 Å². The zero-order chi connectivity index (χ0) is 37.1. The predicted octanol–water partition coefficient (Wildman–Crippen LogP) is 9.01. The molecule has 3 aromatic carbocycles. The predicted molar refractivity (Wildman–Crippen MR) is 185 cm³/mol. The van der Waals surface area contributed by atoms with Gasteiger partial charge in [-0.15, -0.1) is 0 Å². The maximum absolute atomic E-state index is 13.9. The molecular weight excluding hydrogens is 670 g/mol. The van der Waals surface area contributed by atoms with E-state index < -0.39 is 24.4 Å². The second kappa shape index (κ2) is 17.7. The number of aromatic nitrogens is 2. The van der Waals surface area contributed by atoms with Crippen LogP contribution >= 0.6 is 0 Å². The molecule has 9 nitrogen and oxygen atoms in total. The number of anilines is 1. The van der Waals surface area contributed by atoms with Gasteiger partial charge in [0.1, 0.15) is 12.4 Å². The van der Waals surface area contributed by atoms with E-state index in [0.29, 0.717) is 41.8 Å². The maximum Gasteiger partial charge on any atom is 0.416 e. The molecule has 274 valence electrons. The van der Waals surface area contributed by atoms with Crippen LogP contribution in [0.5, 0.6) is 23.0 Å². The van der Waals surface area contributed by atoms with E-state index >= 15 is 0 Å². The van der Waals surface area contributed by atoms with E-state index in [4.69, 9.17) is 24.1 Å². The number of methoxy groups -OCH3 is 1. The average Bonchev–Trinajstić information content (AvgIpc) is 3.10. The Kier molecular flexibility index (Phi) is 13.5. The third-order valence-electron chi connectivity index (χ3n) is 7.92. The van der Waals surface area contributed by atoms with Crippen molar-refractivity contribution in [1.82, 2.24) is 9.97 Å². The average molecular weight is 714 g/mol. The van der Waals surface area contributed by atoms with Crippen molar-refractivity contribution in [3.8, 4) is 34.1 Å². The lowest BCUT2D eigenvalue weighted by atomic mass is 9.93. The summed E-state index contributed by atoms with van der Waals surface area (Å²) in [5.74, 6) is 1.29. The van der Waals surface area contributed by atoms with Crippen molar-refractivity contribution >= 4 is 11.9 Å². The summed E-state index contributed by atoms with van der Waals surface area (Å²) in [6.07, 6.45) is -1.65. The van der Waals surface area contributed by atoms with Gasteiger partial charge in [0.2, 0.25) is 5.95 Å². The molecule has 0 atom stereocenters. The first-order valence-corrected chi connectivity index (χ1v) is 16.6. The number of carboxylic acid groups (broad SMARTS) is 1. The van der Waals surface area contributed by atoms with Crippen LogP contribution in [0.1, 0.15) is 74.3 Å². The Morgan fingerprint density at radius 2 is 1.53 bits per heavy atom. The number of ether oxygens (including phenoxy) is 4. The maximum atomic E-state index is 13.9. The molecule has 0 saturated heterocycles. The Morgan fingerprint density at radius 3 is 2.12 bits per heavy atom. The SMILES string of the molecule is CCOc1cc(CN(Cc2cc(CF)cc(C(F)(F)F)c2)c2ncc(OCCCC(=O)O)cn2)c(-c2cc(C(C)C)ccc2OC)cc1OCC. The molecule has 4 aromatic rings. The number of halogens is 4. The molecule has 13 heteroatoms. The van der Waals surface area contributed by atoms with Crippen molar-refractivity contribution < 1.29 is 46.4 Å². The van der Waals surface area contributed by atoms with Gasteiger partial charge in [-0.3, -0.25) is 4.79 Å². The summed E-state index contributed by atoms with van der Waals surface area (Å²) >= 11 is 0. The lowest BCUT2D eigenvalue weighted by molar-refractivity contribution is -0.138. The highest BCUT2D eigenvalue weighted by molar-refractivity contribution is 5.77. The third kappa shape index (κ3) is 10.5. The lowest BCUT2D eigenvalue weighted by Gasteiger charge is -2.26. The first-order chi connectivity index (χ1) is 24.4. The fraction of sp³-hybridized carbons (Fsp3) is 0.395. The van der Waals surface area contributed by atoms with E-state index in [1.54, 1.807) is 12.0 Å². The molecule has 0 radical (unpaired) electrons. The summed E-state index contributed by atoms with van der Waals surface area (Å²) in [5, 5.41) is 8.90. The van der Waals surface area contributed by atoms with Gasteiger partial charge in [0.05, 0.1) is 44.9 Å². The van der Waals surface area contributed by atoms with E-state index in [1.807, 2.05) is 44.2 Å². The van der Waals surface area contributed by atoms with Gasteiger partial charge in [-0.1, -0.05) is 26.0 Å². The van der Waals surface area contributed by atoms with Gasteiger partial charge < -0.3 is 29.0 Å². The molecule has 51 heavy (non-hydrogen) atoms. The van der Waals surface area contributed by atoms with E-state index in [0.717, 1.165) is 28.8 Å². The van der Waals surface area contributed by atoms with Crippen molar-refractivity contribution in [2.24, 2.45) is 0 Å². The largest absolute Gasteiger partial charge is 0.496 e. The van der Waals surface area contributed by atoms with Crippen LogP contribution in [-0.4, -0.2) is 48.0 Å². The molecule has 4 rings (SSSR count). The van der Waals surface area contributed by atoms with Gasteiger partial charge in [-0.25, -0.2) is 14.4 Å². The zero-order valence-electron chi connectivity index (χ0n) is 29.3. The van der Waals surface area contributed by atoms with Crippen LogP contribution in [0, 0.1) is 0 Å². The quantitative estimate of drug-likeness (QED) is 0.0799. The van der Waals surface area contributed by atoms with Crippen LogP contribution in [0.4, 0.5) is 23.5 Å². The molecule has 0 bridgehead atoms. The number of benzene rings is 3. The number of alkyl halides is 4. The highest BCUT2D eigenvalue weighted by atomic mass is 19.4. The van der Waals surface area contributed by atoms with Crippen LogP contribution in [0.25, 0.3) is 11.1 Å². The van der Waals surface area contributed by atoms with E-state index in [1.165, 1.54) is 18.5 Å². The Morgan fingerprint density at radius 1 is 0.863 bits per heavy atom. The van der Waals surface area contributed by atoms with E-state index in [2.05, 4.69) is 23.8 Å². The number of rotatable bonds is 18. The topological polar surface area (TPSA) is 103 Å². The summed E-state index contributed by atoms with van der Waals surface area (Å²) in [6.45, 7) is 7.61. The van der Waals surface area contributed by atoms with Crippen LogP contribution in [0.15, 0.2) is 60.9 Å². The minimum absolute atomic E-state index is 0.0659. The molecule has 0 aliphatic rings. The molecule has 0 saturated carbocycles. The standard InChI is InChI=1S/C38H43F4N3O6/c1-6-49-34-17-28(31(18-35(34)50-7-2)32-16-27(24(3)4)10-11-33(32)48-5)23-45(22-26-13-25(19-39)14-29(15-26)38(40,41)42)37-43-20-30(21-44-37)51-12-8-9-36(46)47/h10-11,13-18,20-21,24H,6-9,12,19,22-23H2,1-5H3,(H,46,47). The second-order valence-corrected chi connectivity index (χ2v) is 12.0. The third-order valence-corrected chi connectivity index (χ3v) is 7.92. The second-order valence-electron chi connectivity index (χ2n) is 12.0. The molecule has 0 amide bonds. The van der Waals surface area contributed by atoms with Gasteiger partial charge in [-0.2, -0.15) is 13.2 Å². The van der Waals surface area contributed by atoms with Crippen molar-refractivity contribution in [3.05, 3.63) is 88.7 Å². The minimum Gasteiger partial charge on any atom is -0.496 e. The Balaban J connectivity index is 1.87. The zero-order valence-corrected chi connectivity index (χ0v) is 29.3. The number of carbonyl (C=O) groups is 1. The molecule has 0 unspecified atom stereocenters. The van der Waals surface area contributed by atoms with Gasteiger partial charge in [0.15, 0.2) is 17.2 Å². The van der Waals surface area contributed by atoms with Crippen molar-refractivity contribution in [1.29, 1.82) is 0 Å². The number of hydrogen-bond donors (Lipinski definition) is 1. The summed E-state index contributed by atoms with van der Waals surface area (Å²) in [6, 6.07) is 12.8. The van der Waals surface area contributed by atoms with Gasteiger partial charge >= 0.3 is 12.1 Å². The number of carboxylic acids is 1. The molecule has 0 aliphatic heterocycles. The Bertz CT molecular complexity index is 1770. The fourth-order valence-electron chi connectivity index (χ4n) is 5.49. The highest BCUT2D eigenvalue weighted by Crippen LogP contribution is 2.42. The first-order valence-electron chi connectivity index (χ1n) is 16.6. The Labute approximate surface area is 295 Å². The lowest BCUT2D eigenvalue weighted by Crippen LogP contribution is -2.25. The van der Waals surface area contributed by atoms with Crippen LogP contribution < -0.4 is 23.8 Å². The minimum atomic E-state index is -4.69. The molecule has 0 fully saturated rings. The first kappa shape index (κ1) is 38.7. The molecule has 1 N–H and O–H groups in total. The van der Waals surface area contributed by atoms with Crippen LogP contribution in [0.2, 0.25) is 0 Å². The highest BCUT2D eigenvalue weighted by Gasteiger charge is 2.31. The summed E-state index contributed by atoms with van der Waals surface area (Å²) in [4.78, 5) is 21.5. The summed E-state index contributed by atoms with van der Waals surface area (Å²) < 4.78 is 78.8. The molecular formula is C38H43F4N3O6. The summed E-state index contributed by atoms with van der Waals surface area (Å²) in [7, 11) is 1.58. The van der Waals surface area contributed by atoms with Crippen LogP contribution in [-0.2, 0) is 30.7 Å². The molecule has 1 heterocycles. The van der Waals surface area contributed by atoms with Crippen molar-refractivity contribution in [2.75, 3.05) is 31.8 Å². The van der Waals surface area contributed by atoms with Crippen LogP contribution in [0.3, 0.4) is 0 Å². The number of nitrogens with zero attached hydrogens (tertiary/aromatic N) is 3. The Hall–Kier alpha value is -5.07. The number of hydrogen-bond acceptors (Lipinski definition) is 8. The molecule has 0 aliphatic carbocycles. The molecule has 1 aromatic heterocycles. The normalized spacial score (nSPS) is 11.4. The summed E-state index contributed by atoms with van der Waals surface area (Å²) in [5.41, 5.74) is 2.40. The van der Waals surface area contributed by atoms with E-state index in [9.17, 15) is 22.4 Å². The van der Waals surface area contributed by atoms with Gasteiger partial charge in [0, 0.05) is 25.1 Å². The smallest absolute Gasteiger partial charge is 0.416 e.